The highest BCUT2D eigenvalue weighted by Crippen LogP contribution is 2.23. The Kier molecular flexibility index (Phi) is 4.59. The quantitative estimate of drug-likeness (QED) is 0.746. The smallest absolute Gasteiger partial charge is 0.257 e. The van der Waals surface area contributed by atoms with Gasteiger partial charge in [0.05, 0.1) is 12.3 Å². The Labute approximate surface area is 113 Å². The molecule has 0 spiro atoms. The fourth-order valence-electron chi connectivity index (χ4n) is 2.41. The van der Waals surface area contributed by atoms with Crippen LogP contribution >= 0.6 is 0 Å². The maximum atomic E-state index is 12.0. The van der Waals surface area contributed by atoms with Crippen molar-refractivity contribution in [2.24, 2.45) is 5.92 Å². The van der Waals surface area contributed by atoms with Crippen LogP contribution in [-0.4, -0.2) is 36.1 Å². The molecule has 1 aliphatic carbocycles. The molecule has 1 heterocycles. The van der Waals surface area contributed by atoms with Crippen molar-refractivity contribution < 1.29 is 13.5 Å². The third kappa shape index (κ3) is 3.77. The van der Waals surface area contributed by atoms with Crippen molar-refractivity contribution in [2.45, 2.75) is 50.2 Å². The molecule has 1 saturated carbocycles. The number of aromatic nitrogens is 2. The summed E-state index contributed by atoms with van der Waals surface area (Å²) in [5, 5.41) is 9.68. The van der Waals surface area contributed by atoms with Crippen molar-refractivity contribution in [3.8, 4) is 0 Å². The van der Waals surface area contributed by atoms with E-state index in [1.165, 1.54) is 6.20 Å². The number of H-pyrrole nitrogens is 1. The van der Waals surface area contributed by atoms with Crippen molar-refractivity contribution >= 4 is 10.0 Å². The minimum absolute atomic E-state index is 0.112. The van der Waals surface area contributed by atoms with Gasteiger partial charge in [0.2, 0.25) is 0 Å². The van der Waals surface area contributed by atoms with Gasteiger partial charge in [-0.05, 0) is 25.2 Å². The minimum Gasteiger partial charge on any atom is -0.393 e. The number of aromatic amines is 1. The van der Waals surface area contributed by atoms with E-state index in [9.17, 15) is 13.5 Å². The van der Waals surface area contributed by atoms with Gasteiger partial charge in [-0.25, -0.2) is 18.1 Å². The van der Waals surface area contributed by atoms with Gasteiger partial charge < -0.3 is 10.1 Å². The Morgan fingerprint density at radius 3 is 2.95 bits per heavy atom. The second-order valence-corrected chi connectivity index (χ2v) is 6.82. The van der Waals surface area contributed by atoms with Crippen LogP contribution in [-0.2, 0) is 16.4 Å². The number of aliphatic hydroxyl groups is 1. The number of rotatable bonds is 5. The fraction of sp³-hybridized carbons (Fsp3) is 0.750. The Hall–Kier alpha value is -0.920. The average molecular weight is 287 g/mol. The molecule has 0 saturated heterocycles. The molecule has 1 fully saturated rings. The first kappa shape index (κ1) is 14.5. The van der Waals surface area contributed by atoms with Crippen LogP contribution in [0.15, 0.2) is 11.2 Å². The van der Waals surface area contributed by atoms with E-state index in [1.807, 2.05) is 6.92 Å². The number of sulfonamides is 1. The molecule has 1 aliphatic rings. The zero-order valence-electron chi connectivity index (χ0n) is 11.1. The molecule has 2 atom stereocenters. The molecule has 0 bridgehead atoms. The topological polar surface area (TPSA) is 95.1 Å². The fourth-order valence-corrected chi connectivity index (χ4v) is 3.47. The van der Waals surface area contributed by atoms with Crippen molar-refractivity contribution in [1.82, 2.24) is 14.7 Å². The van der Waals surface area contributed by atoms with Gasteiger partial charge in [-0.3, -0.25) is 0 Å². The van der Waals surface area contributed by atoms with Gasteiger partial charge in [-0.15, -0.1) is 0 Å². The Morgan fingerprint density at radius 1 is 1.53 bits per heavy atom. The molecule has 0 amide bonds. The monoisotopic (exact) mass is 287 g/mol. The average Bonchev–Trinajstić information content (AvgIpc) is 2.86. The molecule has 108 valence electrons. The summed E-state index contributed by atoms with van der Waals surface area (Å²) in [6.07, 6.45) is 5.14. The molecule has 3 N–H and O–H groups in total. The second kappa shape index (κ2) is 6.02. The highest BCUT2D eigenvalue weighted by Gasteiger charge is 2.23. The molecule has 0 radical (unpaired) electrons. The number of aliphatic hydroxyl groups excluding tert-OH is 1. The number of hydrogen-bond acceptors (Lipinski definition) is 4. The first-order valence-electron chi connectivity index (χ1n) is 6.73. The largest absolute Gasteiger partial charge is 0.393 e. The van der Waals surface area contributed by atoms with Crippen LogP contribution in [0.1, 0.15) is 38.4 Å². The van der Waals surface area contributed by atoms with Crippen LogP contribution in [0.5, 0.6) is 0 Å². The summed E-state index contributed by atoms with van der Waals surface area (Å²) in [6, 6.07) is 0. The molecular formula is C12H21N3O3S. The van der Waals surface area contributed by atoms with Gasteiger partial charge in [0.1, 0.15) is 5.82 Å². The van der Waals surface area contributed by atoms with E-state index in [2.05, 4.69) is 14.7 Å². The molecular weight excluding hydrogens is 266 g/mol. The number of aryl methyl sites for hydroxylation is 1. The van der Waals surface area contributed by atoms with E-state index in [4.69, 9.17) is 0 Å². The summed E-state index contributed by atoms with van der Waals surface area (Å²) < 4.78 is 26.7. The summed E-state index contributed by atoms with van der Waals surface area (Å²) >= 11 is 0. The zero-order valence-corrected chi connectivity index (χ0v) is 11.9. The highest BCUT2D eigenvalue weighted by atomic mass is 32.2. The number of imidazole rings is 1. The number of nitrogens with one attached hydrogen (secondary N) is 2. The SMILES string of the molecule is CCc1ncc(S(=O)(=O)NCC2CCCC(O)C2)[nH]1. The summed E-state index contributed by atoms with van der Waals surface area (Å²) in [6.45, 7) is 2.28. The molecule has 19 heavy (non-hydrogen) atoms. The van der Waals surface area contributed by atoms with E-state index < -0.39 is 10.0 Å². The van der Waals surface area contributed by atoms with Gasteiger partial charge in [-0.2, -0.15) is 0 Å². The summed E-state index contributed by atoms with van der Waals surface area (Å²) in [4.78, 5) is 6.78. The Bertz CT molecular complexity index is 512. The number of hydrogen-bond donors (Lipinski definition) is 3. The van der Waals surface area contributed by atoms with Crippen LogP contribution in [0.25, 0.3) is 0 Å². The van der Waals surface area contributed by atoms with Gasteiger partial charge in [0.25, 0.3) is 10.0 Å². The first-order valence-corrected chi connectivity index (χ1v) is 8.21. The maximum Gasteiger partial charge on any atom is 0.257 e. The predicted octanol–water partition coefficient (Wildman–Crippen LogP) is 0.801. The van der Waals surface area contributed by atoms with E-state index in [0.717, 1.165) is 19.3 Å². The van der Waals surface area contributed by atoms with Crippen molar-refractivity contribution in [3.63, 3.8) is 0 Å². The van der Waals surface area contributed by atoms with E-state index in [1.54, 1.807) is 0 Å². The normalized spacial score (nSPS) is 24.5. The lowest BCUT2D eigenvalue weighted by Crippen LogP contribution is -2.33. The molecule has 7 heteroatoms. The van der Waals surface area contributed by atoms with Crippen molar-refractivity contribution in [2.75, 3.05) is 6.54 Å². The minimum atomic E-state index is -3.52. The Morgan fingerprint density at radius 2 is 2.32 bits per heavy atom. The van der Waals surface area contributed by atoms with Crippen molar-refractivity contribution in [3.05, 3.63) is 12.0 Å². The third-order valence-electron chi connectivity index (χ3n) is 3.55. The third-order valence-corrected chi connectivity index (χ3v) is 4.88. The lowest BCUT2D eigenvalue weighted by atomic mass is 9.87. The summed E-state index contributed by atoms with van der Waals surface area (Å²) in [5.74, 6) is 0.876. The van der Waals surface area contributed by atoms with Crippen LogP contribution in [0, 0.1) is 5.92 Å². The van der Waals surface area contributed by atoms with E-state index in [0.29, 0.717) is 25.2 Å². The molecule has 0 aliphatic heterocycles. The van der Waals surface area contributed by atoms with Crippen molar-refractivity contribution in [1.29, 1.82) is 0 Å². The standard InChI is InChI=1S/C12H21N3O3S/c1-2-11-13-8-12(15-11)19(17,18)14-7-9-4-3-5-10(16)6-9/h8-10,14,16H,2-7H2,1H3,(H,13,15). The lowest BCUT2D eigenvalue weighted by molar-refractivity contribution is 0.102. The highest BCUT2D eigenvalue weighted by molar-refractivity contribution is 7.89. The van der Waals surface area contributed by atoms with Crippen LogP contribution < -0.4 is 4.72 Å². The van der Waals surface area contributed by atoms with Gasteiger partial charge >= 0.3 is 0 Å². The molecule has 1 aromatic heterocycles. The molecule has 2 rings (SSSR count). The molecule has 0 aromatic carbocycles. The van der Waals surface area contributed by atoms with Crippen LogP contribution in [0.3, 0.4) is 0 Å². The van der Waals surface area contributed by atoms with Gasteiger partial charge in [-0.1, -0.05) is 13.3 Å². The molecule has 2 unspecified atom stereocenters. The van der Waals surface area contributed by atoms with Crippen LogP contribution in [0.2, 0.25) is 0 Å². The van der Waals surface area contributed by atoms with E-state index >= 15 is 0 Å². The lowest BCUT2D eigenvalue weighted by Gasteiger charge is -2.25. The molecule has 1 aromatic rings. The van der Waals surface area contributed by atoms with E-state index in [-0.39, 0.29) is 17.0 Å². The maximum absolute atomic E-state index is 12.0. The zero-order chi connectivity index (χ0) is 13.9. The molecule has 6 nitrogen and oxygen atoms in total. The summed E-state index contributed by atoms with van der Waals surface area (Å²) in [5.41, 5.74) is 0. The summed E-state index contributed by atoms with van der Waals surface area (Å²) in [7, 11) is -3.52. The van der Waals surface area contributed by atoms with Gasteiger partial charge in [0, 0.05) is 13.0 Å². The van der Waals surface area contributed by atoms with Crippen LogP contribution in [0.4, 0.5) is 0 Å². The number of nitrogens with zero attached hydrogens (tertiary/aromatic N) is 1. The Balaban J connectivity index is 1.93. The second-order valence-electron chi connectivity index (χ2n) is 5.09. The predicted molar refractivity (Wildman–Crippen MR) is 71.1 cm³/mol. The first-order chi connectivity index (χ1) is 9.01. The van der Waals surface area contributed by atoms with Gasteiger partial charge in [0.15, 0.2) is 5.03 Å².